The van der Waals surface area contributed by atoms with Crippen molar-refractivity contribution in [2.45, 2.75) is 45.8 Å². The van der Waals surface area contributed by atoms with Gasteiger partial charge >= 0.3 is 7.12 Å². The van der Waals surface area contributed by atoms with Gasteiger partial charge < -0.3 is 18.9 Å². The molecule has 2 aliphatic rings. The number of hydrogen-bond acceptors (Lipinski definition) is 4. The average Bonchev–Trinajstić information content (AvgIpc) is 2.63. The minimum absolute atomic E-state index is 0.0460. The highest BCUT2D eigenvalue weighted by Crippen LogP contribution is 2.38. The van der Waals surface area contributed by atoms with Crippen molar-refractivity contribution in [1.29, 1.82) is 0 Å². The topological polar surface area (TPSA) is 48.0 Å². The van der Waals surface area contributed by atoms with Crippen molar-refractivity contribution in [2.75, 3.05) is 18.6 Å². The van der Waals surface area contributed by atoms with Gasteiger partial charge in [-0.05, 0) is 57.8 Å². The zero-order valence-electron chi connectivity index (χ0n) is 14.0. The lowest BCUT2D eigenvalue weighted by Gasteiger charge is -2.32. The van der Waals surface area contributed by atoms with Gasteiger partial charge in [-0.15, -0.1) is 0 Å². The van der Waals surface area contributed by atoms with Gasteiger partial charge in [-0.2, -0.15) is 0 Å². The first-order chi connectivity index (χ1) is 10.1. The molecule has 0 aliphatic carbocycles. The minimum atomic E-state index is -0.429. The maximum absolute atomic E-state index is 11.7. The summed E-state index contributed by atoms with van der Waals surface area (Å²) in [4.78, 5) is 13.4. The molecule has 0 spiro atoms. The first-order valence-corrected chi connectivity index (χ1v) is 7.52. The molecule has 2 aliphatic heterocycles. The number of carbonyl (C=O) groups excluding carboxylic acids is 1. The van der Waals surface area contributed by atoms with Crippen LogP contribution in [-0.4, -0.2) is 37.9 Å². The van der Waals surface area contributed by atoms with Crippen molar-refractivity contribution < 1.29 is 18.8 Å². The average molecular weight is 303 g/mol. The Kier molecular flexibility index (Phi) is 3.31. The number of amides is 1. The summed E-state index contributed by atoms with van der Waals surface area (Å²) < 4.78 is 17.8. The second-order valence-corrected chi connectivity index (χ2v) is 7.01. The molecule has 1 aromatic rings. The van der Waals surface area contributed by atoms with E-state index in [-0.39, 0.29) is 23.7 Å². The molecule has 1 amide bonds. The van der Waals surface area contributed by atoms with Gasteiger partial charge in [-0.3, -0.25) is 4.79 Å². The molecule has 0 aromatic heterocycles. The highest BCUT2D eigenvalue weighted by atomic mass is 16.7. The molecule has 0 N–H and O–H groups in total. The van der Waals surface area contributed by atoms with Gasteiger partial charge in [0.25, 0.3) is 5.91 Å². The van der Waals surface area contributed by atoms with Crippen LogP contribution < -0.4 is 15.1 Å². The number of ether oxygens (including phenoxy) is 1. The van der Waals surface area contributed by atoms with Crippen LogP contribution in [0.15, 0.2) is 12.1 Å². The monoisotopic (exact) mass is 303 g/mol. The van der Waals surface area contributed by atoms with Crippen LogP contribution in [0.3, 0.4) is 0 Å². The van der Waals surface area contributed by atoms with Crippen LogP contribution in [0.4, 0.5) is 5.69 Å². The van der Waals surface area contributed by atoms with E-state index in [1.807, 2.05) is 46.8 Å². The number of carbonyl (C=O) groups is 1. The fraction of sp³-hybridized carbons (Fsp3) is 0.562. The van der Waals surface area contributed by atoms with Crippen molar-refractivity contribution in [1.82, 2.24) is 0 Å². The Morgan fingerprint density at radius 3 is 2.32 bits per heavy atom. The first kappa shape index (κ1) is 15.4. The summed E-state index contributed by atoms with van der Waals surface area (Å²) >= 11 is 0. The molecule has 0 saturated carbocycles. The third-order valence-corrected chi connectivity index (χ3v) is 4.94. The lowest BCUT2D eigenvalue weighted by molar-refractivity contribution is -0.120. The van der Waals surface area contributed by atoms with Crippen LogP contribution in [0.1, 0.15) is 33.3 Å². The number of benzene rings is 1. The van der Waals surface area contributed by atoms with Crippen LogP contribution in [0, 0.1) is 6.92 Å². The summed E-state index contributed by atoms with van der Waals surface area (Å²) in [7, 11) is 1.33. The van der Waals surface area contributed by atoms with E-state index < -0.39 is 7.12 Å². The van der Waals surface area contributed by atoms with E-state index in [9.17, 15) is 4.79 Å². The van der Waals surface area contributed by atoms with E-state index in [1.54, 1.807) is 11.9 Å². The molecule has 0 bridgehead atoms. The molecule has 2 heterocycles. The summed E-state index contributed by atoms with van der Waals surface area (Å²) in [6.45, 7) is 10.2. The van der Waals surface area contributed by atoms with Crippen molar-refractivity contribution in [2.24, 2.45) is 0 Å². The van der Waals surface area contributed by atoms with Gasteiger partial charge in [0.1, 0.15) is 5.75 Å². The zero-order chi connectivity index (χ0) is 16.3. The second-order valence-electron chi connectivity index (χ2n) is 7.01. The maximum Gasteiger partial charge on any atom is 0.495 e. The summed E-state index contributed by atoms with van der Waals surface area (Å²) in [6, 6.07) is 3.88. The highest BCUT2D eigenvalue weighted by molar-refractivity contribution is 6.62. The minimum Gasteiger partial charge on any atom is -0.482 e. The predicted octanol–water partition coefficient (Wildman–Crippen LogP) is 1.65. The van der Waals surface area contributed by atoms with Gasteiger partial charge in [0.2, 0.25) is 0 Å². The van der Waals surface area contributed by atoms with Crippen LogP contribution in [0.25, 0.3) is 0 Å². The molecule has 1 saturated heterocycles. The van der Waals surface area contributed by atoms with E-state index >= 15 is 0 Å². The Balaban J connectivity index is 1.99. The van der Waals surface area contributed by atoms with Crippen molar-refractivity contribution >= 4 is 24.2 Å². The highest BCUT2D eigenvalue weighted by Gasteiger charge is 2.52. The van der Waals surface area contributed by atoms with Gasteiger partial charge in [-0.25, -0.2) is 0 Å². The molecular formula is C16H22BNO4. The Morgan fingerprint density at radius 1 is 1.14 bits per heavy atom. The third-order valence-electron chi connectivity index (χ3n) is 4.94. The molecule has 0 unspecified atom stereocenters. The maximum atomic E-state index is 11.7. The van der Waals surface area contributed by atoms with Crippen LogP contribution in [0.2, 0.25) is 0 Å². The smallest absolute Gasteiger partial charge is 0.482 e. The number of anilines is 1. The molecule has 1 aromatic carbocycles. The number of nitrogens with zero attached hydrogens (tertiary/aromatic N) is 1. The second kappa shape index (κ2) is 4.73. The van der Waals surface area contributed by atoms with Crippen LogP contribution in [-0.2, 0) is 14.1 Å². The lowest BCUT2D eigenvalue weighted by atomic mass is 9.76. The Morgan fingerprint density at radius 2 is 1.73 bits per heavy atom. The van der Waals surface area contributed by atoms with E-state index in [1.165, 1.54) is 0 Å². The van der Waals surface area contributed by atoms with E-state index in [0.717, 1.165) is 16.7 Å². The number of rotatable bonds is 1. The summed E-state index contributed by atoms with van der Waals surface area (Å²) in [5.41, 5.74) is 1.98. The molecule has 118 valence electrons. The molecule has 0 atom stereocenters. The molecule has 5 nitrogen and oxygen atoms in total. The van der Waals surface area contributed by atoms with Gasteiger partial charge in [-0.1, -0.05) is 0 Å². The van der Waals surface area contributed by atoms with Crippen molar-refractivity contribution in [3.8, 4) is 5.75 Å². The number of likely N-dealkylation sites (N-methyl/N-ethyl adjacent to an activating group) is 1. The molecule has 3 rings (SSSR count). The van der Waals surface area contributed by atoms with Crippen LogP contribution >= 0.6 is 0 Å². The Bertz CT molecular complexity index is 625. The van der Waals surface area contributed by atoms with E-state index in [2.05, 4.69) is 0 Å². The largest absolute Gasteiger partial charge is 0.495 e. The molecule has 0 radical (unpaired) electrons. The fourth-order valence-corrected chi connectivity index (χ4v) is 2.66. The summed E-state index contributed by atoms with van der Waals surface area (Å²) in [6.07, 6.45) is 0. The summed E-state index contributed by atoms with van der Waals surface area (Å²) in [5.74, 6) is 0.646. The van der Waals surface area contributed by atoms with E-state index in [4.69, 9.17) is 14.0 Å². The standard InChI is InChI=1S/C16H22BNO4/c1-10-7-12-13(20-9-14(19)18(12)6)8-11(10)17-21-15(2,3)16(4,5)22-17/h7-8H,9H2,1-6H3. The van der Waals surface area contributed by atoms with Gasteiger partial charge in [0.15, 0.2) is 6.61 Å². The SMILES string of the molecule is Cc1cc2c(cc1B1OC(C)(C)C(C)(C)O1)OCC(=O)N2C. The van der Waals surface area contributed by atoms with Crippen molar-refractivity contribution in [3.05, 3.63) is 17.7 Å². The normalized spacial score (nSPS) is 22.5. The number of aryl methyl sites for hydroxylation is 1. The first-order valence-electron chi connectivity index (χ1n) is 7.52. The van der Waals surface area contributed by atoms with Crippen molar-refractivity contribution in [3.63, 3.8) is 0 Å². The molecule has 1 fully saturated rings. The zero-order valence-corrected chi connectivity index (χ0v) is 14.0. The fourth-order valence-electron chi connectivity index (χ4n) is 2.66. The van der Waals surface area contributed by atoms with Gasteiger partial charge in [0, 0.05) is 7.05 Å². The lowest BCUT2D eigenvalue weighted by Crippen LogP contribution is -2.41. The quantitative estimate of drug-likeness (QED) is 0.740. The predicted molar refractivity (Wildman–Crippen MR) is 85.8 cm³/mol. The third kappa shape index (κ3) is 2.21. The summed E-state index contributed by atoms with van der Waals surface area (Å²) in [5, 5.41) is 0. The molecule has 6 heteroatoms. The molecule has 22 heavy (non-hydrogen) atoms. The number of fused-ring (bicyclic) bond motifs is 1. The number of hydrogen-bond donors (Lipinski definition) is 0. The Hall–Kier alpha value is -1.53. The molecular weight excluding hydrogens is 281 g/mol. The van der Waals surface area contributed by atoms with Gasteiger partial charge in [0.05, 0.1) is 16.9 Å². The van der Waals surface area contributed by atoms with Crippen LogP contribution in [0.5, 0.6) is 5.75 Å². The van der Waals surface area contributed by atoms with E-state index in [0.29, 0.717) is 5.75 Å². The Labute approximate surface area is 131 Å².